The number of ether oxygens (including phenoxy) is 1. The molecular weight excluding hydrogens is 278 g/mol. The van der Waals surface area contributed by atoms with E-state index >= 15 is 0 Å². The van der Waals surface area contributed by atoms with E-state index in [0.717, 1.165) is 35.6 Å². The van der Waals surface area contributed by atoms with Crippen LogP contribution in [0.15, 0.2) is 42.9 Å². The lowest BCUT2D eigenvalue weighted by Crippen LogP contribution is -2.21. The molecule has 22 heavy (non-hydrogen) atoms. The molecule has 0 aliphatic rings. The van der Waals surface area contributed by atoms with Gasteiger partial charge in [-0.25, -0.2) is 9.97 Å². The summed E-state index contributed by atoms with van der Waals surface area (Å²) >= 11 is 0. The molecule has 0 unspecified atom stereocenters. The molecule has 1 aromatic carbocycles. The summed E-state index contributed by atoms with van der Waals surface area (Å²) in [5.74, 6) is 1.81. The first-order chi connectivity index (χ1) is 10.8. The minimum Gasteiger partial charge on any atom is -0.494 e. The number of anilines is 1. The number of hydrogen-bond acceptors (Lipinski definition) is 5. The first-order valence-corrected chi connectivity index (χ1v) is 7.27. The van der Waals surface area contributed by atoms with Crippen LogP contribution in [-0.2, 0) is 7.05 Å². The van der Waals surface area contributed by atoms with E-state index in [0.29, 0.717) is 6.61 Å². The molecule has 0 fully saturated rings. The zero-order valence-corrected chi connectivity index (χ0v) is 12.8. The molecule has 0 spiro atoms. The second kappa shape index (κ2) is 6.43. The quantitative estimate of drug-likeness (QED) is 0.653. The van der Waals surface area contributed by atoms with E-state index in [1.807, 2.05) is 50.6 Å². The molecule has 0 amide bonds. The van der Waals surface area contributed by atoms with Crippen molar-refractivity contribution in [2.45, 2.75) is 6.42 Å². The van der Waals surface area contributed by atoms with Gasteiger partial charge in [-0.3, -0.25) is 4.68 Å². The van der Waals surface area contributed by atoms with Gasteiger partial charge in [-0.1, -0.05) is 18.2 Å². The standard InChI is InChI=1S/C16H19N5O/c1-20(9-6-10-22-13-7-4-3-5-8-13)15-14-11-19-21(2)16(14)18-12-17-15/h3-5,7-8,11-12H,6,9-10H2,1-2H3. The van der Waals surface area contributed by atoms with Crippen LogP contribution in [0.3, 0.4) is 0 Å². The van der Waals surface area contributed by atoms with Crippen molar-refractivity contribution in [1.82, 2.24) is 19.7 Å². The maximum absolute atomic E-state index is 5.71. The highest BCUT2D eigenvalue weighted by Gasteiger charge is 2.11. The Hall–Kier alpha value is -2.63. The summed E-state index contributed by atoms with van der Waals surface area (Å²) in [5, 5.41) is 5.21. The average Bonchev–Trinajstić information content (AvgIpc) is 2.94. The summed E-state index contributed by atoms with van der Waals surface area (Å²) in [7, 11) is 3.91. The van der Waals surface area contributed by atoms with E-state index < -0.39 is 0 Å². The fourth-order valence-corrected chi connectivity index (χ4v) is 2.37. The second-order valence-electron chi connectivity index (χ2n) is 5.14. The van der Waals surface area contributed by atoms with Crippen LogP contribution in [0.4, 0.5) is 5.82 Å². The van der Waals surface area contributed by atoms with Gasteiger partial charge in [0, 0.05) is 20.6 Å². The van der Waals surface area contributed by atoms with Crippen molar-refractivity contribution < 1.29 is 4.74 Å². The van der Waals surface area contributed by atoms with E-state index in [4.69, 9.17) is 4.74 Å². The highest BCUT2D eigenvalue weighted by atomic mass is 16.5. The maximum Gasteiger partial charge on any atom is 0.163 e. The molecule has 3 aromatic rings. The number of para-hydroxylation sites is 1. The van der Waals surface area contributed by atoms with Gasteiger partial charge in [0.1, 0.15) is 17.9 Å². The molecule has 0 saturated heterocycles. The number of rotatable bonds is 6. The minimum absolute atomic E-state index is 0.676. The van der Waals surface area contributed by atoms with E-state index in [2.05, 4.69) is 20.0 Å². The Balaban J connectivity index is 1.58. The summed E-state index contributed by atoms with van der Waals surface area (Å²) in [6, 6.07) is 9.86. The molecule has 6 heteroatoms. The topological polar surface area (TPSA) is 56.1 Å². The molecule has 6 nitrogen and oxygen atoms in total. The fourth-order valence-electron chi connectivity index (χ4n) is 2.37. The summed E-state index contributed by atoms with van der Waals surface area (Å²) in [4.78, 5) is 10.7. The van der Waals surface area contributed by atoms with Crippen LogP contribution in [0.1, 0.15) is 6.42 Å². The lowest BCUT2D eigenvalue weighted by molar-refractivity contribution is 0.312. The Morgan fingerprint density at radius 3 is 2.82 bits per heavy atom. The van der Waals surface area contributed by atoms with Crippen molar-refractivity contribution >= 4 is 16.9 Å². The highest BCUT2D eigenvalue weighted by molar-refractivity contribution is 5.86. The summed E-state index contributed by atoms with van der Waals surface area (Å²) in [6.45, 7) is 1.53. The van der Waals surface area contributed by atoms with Crippen molar-refractivity contribution in [3.63, 3.8) is 0 Å². The van der Waals surface area contributed by atoms with E-state index in [1.165, 1.54) is 0 Å². The summed E-state index contributed by atoms with van der Waals surface area (Å²) in [5.41, 5.74) is 0.845. The van der Waals surface area contributed by atoms with Gasteiger partial charge in [0.2, 0.25) is 0 Å². The molecule has 3 rings (SSSR count). The molecule has 2 heterocycles. The number of fused-ring (bicyclic) bond motifs is 1. The molecule has 0 aliphatic carbocycles. The lowest BCUT2D eigenvalue weighted by Gasteiger charge is -2.18. The van der Waals surface area contributed by atoms with Crippen molar-refractivity contribution in [2.24, 2.45) is 7.05 Å². The predicted octanol–water partition coefficient (Wildman–Crippen LogP) is 2.27. The fraction of sp³-hybridized carbons (Fsp3) is 0.312. The van der Waals surface area contributed by atoms with Crippen molar-refractivity contribution in [3.05, 3.63) is 42.9 Å². The van der Waals surface area contributed by atoms with Crippen LogP contribution in [0.5, 0.6) is 5.75 Å². The number of hydrogen-bond donors (Lipinski definition) is 0. The molecule has 0 bridgehead atoms. The van der Waals surface area contributed by atoms with E-state index in [-0.39, 0.29) is 0 Å². The van der Waals surface area contributed by atoms with Crippen molar-refractivity contribution in [3.8, 4) is 5.75 Å². The van der Waals surface area contributed by atoms with Crippen molar-refractivity contribution in [2.75, 3.05) is 25.1 Å². The van der Waals surface area contributed by atoms with Gasteiger partial charge in [-0.2, -0.15) is 5.10 Å². The van der Waals surface area contributed by atoms with Gasteiger partial charge < -0.3 is 9.64 Å². The molecule has 0 atom stereocenters. The van der Waals surface area contributed by atoms with Crippen LogP contribution in [0.2, 0.25) is 0 Å². The minimum atomic E-state index is 0.676. The zero-order chi connectivity index (χ0) is 15.4. The molecule has 114 valence electrons. The Labute approximate surface area is 129 Å². The van der Waals surface area contributed by atoms with Crippen LogP contribution in [0, 0.1) is 0 Å². The number of aryl methyl sites for hydroxylation is 1. The van der Waals surface area contributed by atoms with Gasteiger partial charge in [-0.05, 0) is 18.6 Å². The van der Waals surface area contributed by atoms with Gasteiger partial charge in [0.05, 0.1) is 18.2 Å². The lowest BCUT2D eigenvalue weighted by atomic mass is 10.3. The third-order valence-corrected chi connectivity index (χ3v) is 3.52. The van der Waals surface area contributed by atoms with Gasteiger partial charge in [0.25, 0.3) is 0 Å². The average molecular weight is 297 g/mol. The van der Waals surface area contributed by atoms with E-state index in [9.17, 15) is 0 Å². The Bertz CT molecular complexity index is 741. The summed E-state index contributed by atoms with van der Waals surface area (Å²) in [6.07, 6.45) is 4.30. The van der Waals surface area contributed by atoms with Crippen LogP contribution in [0.25, 0.3) is 11.0 Å². The van der Waals surface area contributed by atoms with Gasteiger partial charge >= 0.3 is 0 Å². The molecule has 2 aromatic heterocycles. The monoisotopic (exact) mass is 297 g/mol. The molecule has 0 saturated carbocycles. The first-order valence-electron chi connectivity index (χ1n) is 7.27. The smallest absolute Gasteiger partial charge is 0.163 e. The Morgan fingerprint density at radius 1 is 1.18 bits per heavy atom. The third-order valence-electron chi connectivity index (χ3n) is 3.52. The number of nitrogens with zero attached hydrogens (tertiary/aromatic N) is 5. The Morgan fingerprint density at radius 2 is 2.00 bits per heavy atom. The first kappa shape index (κ1) is 14.3. The largest absolute Gasteiger partial charge is 0.494 e. The molecule has 0 N–H and O–H groups in total. The SMILES string of the molecule is CN(CCCOc1ccccc1)c1ncnc2c1cnn2C. The van der Waals surface area contributed by atoms with Gasteiger partial charge in [-0.15, -0.1) is 0 Å². The van der Waals surface area contributed by atoms with Crippen LogP contribution >= 0.6 is 0 Å². The Kier molecular flexibility index (Phi) is 4.18. The predicted molar refractivity (Wildman–Crippen MR) is 86.1 cm³/mol. The molecular formula is C16H19N5O. The normalized spacial score (nSPS) is 10.8. The maximum atomic E-state index is 5.71. The van der Waals surface area contributed by atoms with E-state index in [1.54, 1.807) is 11.0 Å². The molecule has 0 radical (unpaired) electrons. The summed E-state index contributed by atoms with van der Waals surface area (Å²) < 4.78 is 7.46. The van der Waals surface area contributed by atoms with Crippen LogP contribution < -0.4 is 9.64 Å². The van der Waals surface area contributed by atoms with Crippen LogP contribution in [-0.4, -0.2) is 39.9 Å². The van der Waals surface area contributed by atoms with Crippen molar-refractivity contribution in [1.29, 1.82) is 0 Å². The molecule has 0 aliphatic heterocycles. The highest BCUT2D eigenvalue weighted by Crippen LogP contribution is 2.21. The zero-order valence-electron chi connectivity index (χ0n) is 12.8. The number of aromatic nitrogens is 4. The third kappa shape index (κ3) is 3.00. The second-order valence-corrected chi connectivity index (χ2v) is 5.14. The van der Waals surface area contributed by atoms with Gasteiger partial charge in [0.15, 0.2) is 5.65 Å². The number of benzene rings is 1.